The van der Waals surface area contributed by atoms with Crippen LogP contribution in [0.5, 0.6) is 5.75 Å². The molecule has 0 heterocycles. The number of halogens is 1. The van der Waals surface area contributed by atoms with Gasteiger partial charge in [-0.1, -0.05) is 53.1 Å². The van der Waals surface area contributed by atoms with Gasteiger partial charge in [-0.05, 0) is 69.2 Å². The molecule has 3 aromatic carbocycles. The lowest BCUT2D eigenvalue weighted by molar-refractivity contribution is -0.120. The monoisotopic (exact) mass is 500 g/mol. The molecule has 0 radical (unpaired) electrons. The number of hydrogen-bond donors (Lipinski definition) is 1. The number of aryl methyl sites for hydroxylation is 3. The summed E-state index contributed by atoms with van der Waals surface area (Å²) >= 11 is 6.19. The molecule has 0 saturated heterocycles. The Morgan fingerprint density at radius 1 is 1.00 bits per heavy atom. The smallest absolute Gasteiger partial charge is 0.264 e. The van der Waals surface area contributed by atoms with Crippen molar-refractivity contribution in [2.75, 3.05) is 18.0 Å². The fraction of sp³-hybridized carbons (Fsp3) is 0.269. The van der Waals surface area contributed by atoms with Gasteiger partial charge in [-0.25, -0.2) is 8.42 Å². The first kappa shape index (κ1) is 25.6. The Labute approximate surface area is 206 Å². The van der Waals surface area contributed by atoms with E-state index in [1.807, 2.05) is 45.9 Å². The molecule has 180 valence electrons. The summed E-state index contributed by atoms with van der Waals surface area (Å²) in [6.07, 6.45) is 0. The highest BCUT2D eigenvalue weighted by Crippen LogP contribution is 2.35. The van der Waals surface area contributed by atoms with Crippen LogP contribution in [0.15, 0.2) is 65.6 Å². The summed E-state index contributed by atoms with van der Waals surface area (Å²) in [7, 11) is -2.66. The van der Waals surface area contributed by atoms with E-state index in [2.05, 4.69) is 5.32 Å². The quantitative estimate of drug-likeness (QED) is 0.452. The van der Waals surface area contributed by atoms with Crippen molar-refractivity contribution in [1.82, 2.24) is 5.32 Å². The third-order valence-corrected chi connectivity index (χ3v) is 7.58. The number of hydrogen-bond acceptors (Lipinski definition) is 4. The number of carbonyl (C=O) groups is 1. The first-order chi connectivity index (χ1) is 16.0. The van der Waals surface area contributed by atoms with Gasteiger partial charge in [0.1, 0.15) is 12.3 Å². The van der Waals surface area contributed by atoms with Crippen molar-refractivity contribution in [3.63, 3.8) is 0 Å². The van der Waals surface area contributed by atoms with Crippen molar-refractivity contribution >= 4 is 33.2 Å². The second-order valence-corrected chi connectivity index (χ2v) is 10.6. The van der Waals surface area contributed by atoms with E-state index < -0.39 is 22.5 Å². The maximum absolute atomic E-state index is 13.7. The van der Waals surface area contributed by atoms with Crippen LogP contribution in [0.2, 0.25) is 5.02 Å². The maximum Gasteiger partial charge on any atom is 0.264 e. The molecular weight excluding hydrogens is 472 g/mol. The molecule has 0 aliphatic heterocycles. The van der Waals surface area contributed by atoms with E-state index in [1.54, 1.807) is 24.3 Å². The first-order valence-corrected chi connectivity index (χ1v) is 12.6. The Kier molecular flexibility index (Phi) is 7.89. The van der Waals surface area contributed by atoms with Crippen LogP contribution in [0, 0.1) is 20.8 Å². The lowest BCUT2D eigenvalue weighted by Crippen LogP contribution is -2.41. The zero-order valence-electron chi connectivity index (χ0n) is 19.9. The largest absolute Gasteiger partial charge is 0.495 e. The summed E-state index contributed by atoms with van der Waals surface area (Å²) < 4.78 is 33.7. The number of nitrogens with zero attached hydrogens (tertiary/aromatic N) is 1. The number of ether oxygens (including phenoxy) is 1. The fourth-order valence-electron chi connectivity index (χ4n) is 3.80. The van der Waals surface area contributed by atoms with E-state index in [9.17, 15) is 13.2 Å². The standard InChI is InChI=1S/C26H29ClN2O4S/c1-17-6-10-22(11-7-17)34(31,32)29(24-15-21(27)9-13-25(24)33-5)16-26(30)28-20(4)23-12-8-18(2)14-19(23)3/h6-15,20H,16H2,1-5H3,(H,28,30). The molecule has 34 heavy (non-hydrogen) atoms. The number of carbonyl (C=O) groups excluding carboxylic acids is 1. The molecule has 1 amide bonds. The lowest BCUT2D eigenvalue weighted by Gasteiger charge is -2.27. The molecule has 3 aromatic rings. The predicted octanol–water partition coefficient (Wildman–Crippen LogP) is 5.35. The van der Waals surface area contributed by atoms with Crippen molar-refractivity contribution in [3.05, 3.63) is 87.9 Å². The lowest BCUT2D eigenvalue weighted by atomic mass is 10.0. The van der Waals surface area contributed by atoms with Crippen molar-refractivity contribution in [2.24, 2.45) is 0 Å². The van der Waals surface area contributed by atoms with Crippen LogP contribution in [0.4, 0.5) is 5.69 Å². The summed E-state index contributed by atoms with van der Waals surface area (Å²) in [5.74, 6) is -0.166. The van der Waals surface area contributed by atoms with Gasteiger partial charge in [0.2, 0.25) is 5.91 Å². The van der Waals surface area contributed by atoms with Crippen LogP contribution in [-0.4, -0.2) is 28.0 Å². The second-order valence-electron chi connectivity index (χ2n) is 8.29. The molecule has 0 spiro atoms. The summed E-state index contributed by atoms with van der Waals surface area (Å²) in [5, 5.41) is 3.25. The molecule has 3 rings (SSSR count). The molecule has 1 N–H and O–H groups in total. The van der Waals surface area contributed by atoms with Gasteiger partial charge in [0, 0.05) is 5.02 Å². The summed E-state index contributed by atoms with van der Waals surface area (Å²) in [6.45, 7) is 7.29. The minimum atomic E-state index is -4.10. The van der Waals surface area contributed by atoms with Gasteiger partial charge in [0.15, 0.2) is 0 Å². The summed E-state index contributed by atoms with van der Waals surface area (Å²) in [6, 6.07) is 16.8. The van der Waals surface area contributed by atoms with Crippen LogP contribution < -0.4 is 14.4 Å². The molecule has 0 aliphatic rings. The van der Waals surface area contributed by atoms with E-state index in [1.165, 1.54) is 25.3 Å². The van der Waals surface area contributed by atoms with Gasteiger partial charge in [-0.2, -0.15) is 0 Å². The molecule has 0 fully saturated rings. The van der Waals surface area contributed by atoms with Crippen LogP contribution in [0.1, 0.15) is 35.2 Å². The van der Waals surface area contributed by atoms with Crippen molar-refractivity contribution in [2.45, 2.75) is 38.6 Å². The summed E-state index contributed by atoms with van der Waals surface area (Å²) in [5.41, 5.74) is 4.25. The third-order valence-electron chi connectivity index (χ3n) is 5.58. The zero-order valence-corrected chi connectivity index (χ0v) is 21.5. The first-order valence-electron chi connectivity index (χ1n) is 10.8. The maximum atomic E-state index is 13.7. The van der Waals surface area contributed by atoms with Gasteiger partial charge in [0.25, 0.3) is 10.0 Å². The second kappa shape index (κ2) is 10.5. The number of anilines is 1. The van der Waals surface area contributed by atoms with Gasteiger partial charge in [0.05, 0.1) is 23.7 Å². The summed E-state index contributed by atoms with van der Waals surface area (Å²) in [4.78, 5) is 13.2. The van der Waals surface area contributed by atoms with Crippen molar-refractivity contribution in [1.29, 1.82) is 0 Å². The van der Waals surface area contributed by atoms with E-state index in [0.717, 1.165) is 26.6 Å². The molecule has 0 bridgehead atoms. The Morgan fingerprint density at radius 3 is 2.26 bits per heavy atom. The van der Waals surface area contributed by atoms with Crippen LogP contribution in [0.3, 0.4) is 0 Å². The van der Waals surface area contributed by atoms with E-state index in [0.29, 0.717) is 5.02 Å². The van der Waals surface area contributed by atoms with Gasteiger partial charge in [-0.15, -0.1) is 0 Å². The van der Waals surface area contributed by atoms with Gasteiger partial charge >= 0.3 is 0 Å². The highest BCUT2D eigenvalue weighted by molar-refractivity contribution is 7.92. The van der Waals surface area contributed by atoms with Gasteiger partial charge < -0.3 is 10.1 Å². The predicted molar refractivity (Wildman–Crippen MR) is 136 cm³/mol. The molecule has 8 heteroatoms. The minimum absolute atomic E-state index is 0.0651. The van der Waals surface area contributed by atoms with E-state index >= 15 is 0 Å². The average Bonchev–Trinajstić information content (AvgIpc) is 2.77. The Bertz CT molecular complexity index is 1290. The average molecular weight is 501 g/mol. The Balaban J connectivity index is 1.98. The molecule has 0 saturated carbocycles. The number of nitrogens with one attached hydrogen (secondary N) is 1. The highest BCUT2D eigenvalue weighted by Gasteiger charge is 2.30. The number of benzene rings is 3. The molecule has 0 aromatic heterocycles. The van der Waals surface area contributed by atoms with E-state index in [4.69, 9.17) is 16.3 Å². The van der Waals surface area contributed by atoms with Crippen LogP contribution >= 0.6 is 11.6 Å². The molecule has 6 nitrogen and oxygen atoms in total. The number of amides is 1. The molecular formula is C26H29ClN2O4S. The molecule has 0 aliphatic carbocycles. The normalized spacial score (nSPS) is 12.2. The van der Waals surface area contributed by atoms with Gasteiger partial charge in [-0.3, -0.25) is 9.10 Å². The minimum Gasteiger partial charge on any atom is -0.495 e. The number of sulfonamides is 1. The highest BCUT2D eigenvalue weighted by atomic mass is 35.5. The Hall–Kier alpha value is -3.03. The van der Waals surface area contributed by atoms with Crippen LogP contribution in [-0.2, 0) is 14.8 Å². The van der Waals surface area contributed by atoms with Crippen LogP contribution in [0.25, 0.3) is 0 Å². The fourth-order valence-corrected chi connectivity index (χ4v) is 5.39. The Morgan fingerprint density at radius 2 is 1.65 bits per heavy atom. The molecule has 1 unspecified atom stereocenters. The number of methoxy groups -OCH3 is 1. The van der Waals surface area contributed by atoms with Crippen molar-refractivity contribution < 1.29 is 17.9 Å². The topological polar surface area (TPSA) is 75.7 Å². The van der Waals surface area contributed by atoms with E-state index in [-0.39, 0.29) is 22.4 Å². The molecule has 1 atom stereocenters. The third kappa shape index (κ3) is 5.72. The SMILES string of the molecule is COc1ccc(Cl)cc1N(CC(=O)NC(C)c1ccc(C)cc1C)S(=O)(=O)c1ccc(C)cc1. The zero-order chi connectivity index (χ0) is 25.0. The van der Waals surface area contributed by atoms with Crippen molar-refractivity contribution in [3.8, 4) is 5.75 Å². The number of rotatable bonds is 8.